The second kappa shape index (κ2) is 5.21. The summed E-state index contributed by atoms with van der Waals surface area (Å²) >= 11 is 0. The van der Waals surface area contributed by atoms with Crippen molar-refractivity contribution in [3.8, 4) is 0 Å². The second-order valence-electron chi connectivity index (χ2n) is 4.65. The number of amides is 2. The predicted molar refractivity (Wildman–Crippen MR) is 69.1 cm³/mol. The molecule has 0 spiro atoms. The first-order valence-corrected chi connectivity index (χ1v) is 6.20. The van der Waals surface area contributed by atoms with Crippen LogP contribution < -0.4 is 5.32 Å². The SMILES string of the molecule is CNC(=O)c1ccc(CN(C(C)=O)C2CC2)cc1. The van der Waals surface area contributed by atoms with Crippen molar-refractivity contribution in [1.82, 2.24) is 10.2 Å². The van der Waals surface area contributed by atoms with Crippen LogP contribution in [0.3, 0.4) is 0 Å². The number of nitrogens with one attached hydrogen (secondary N) is 1. The maximum Gasteiger partial charge on any atom is 0.251 e. The first-order chi connectivity index (χ1) is 8.61. The van der Waals surface area contributed by atoms with Crippen molar-refractivity contribution in [2.75, 3.05) is 7.05 Å². The van der Waals surface area contributed by atoms with Gasteiger partial charge in [-0.1, -0.05) is 12.1 Å². The third-order valence-electron chi connectivity index (χ3n) is 3.19. The molecule has 0 atom stereocenters. The minimum atomic E-state index is -0.0906. The fraction of sp³-hybridized carbons (Fsp3) is 0.429. The highest BCUT2D eigenvalue weighted by molar-refractivity contribution is 5.93. The van der Waals surface area contributed by atoms with Crippen LogP contribution in [0, 0.1) is 0 Å². The molecule has 1 aliphatic rings. The Morgan fingerprint density at radius 1 is 1.28 bits per heavy atom. The van der Waals surface area contributed by atoms with Crippen molar-refractivity contribution in [3.63, 3.8) is 0 Å². The van der Waals surface area contributed by atoms with Crippen molar-refractivity contribution >= 4 is 11.8 Å². The Balaban J connectivity index is 2.05. The van der Waals surface area contributed by atoms with E-state index >= 15 is 0 Å². The Bertz CT molecular complexity index is 449. The van der Waals surface area contributed by atoms with E-state index in [1.54, 1.807) is 26.1 Å². The van der Waals surface area contributed by atoms with Crippen molar-refractivity contribution < 1.29 is 9.59 Å². The molecule has 4 nitrogen and oxygen atoms in total. The van der Waals surface area contributed by atoms with Crippen molar-refractivity contribution in [3.05, 3.63) is 35.4 Å². The van der Waals surface area contributed by atoms with E-state index in [0.29, 0.717) is 18.2 Å². The summed E-state index contributed by atoms with van der Waals surface area (Å²) in [4.78, 5) is 24.8. The molecular formula is C14H18N2O2. The Morgan fingerprint density at radius 3 is 2.33 bits per heavy atom. The standard InChI is InChI=1S/C14H18N2O2/c1-10(17)16(13-7-8-13)9-11-3-5-12(6-4-11)14(18)15-2/h3-6,13H,7-9H2,1-2H3,(H,15,18). The summed E-state index contributed by atoms with van der Waals surface area (Å²) in [6.07, 6.45) is 2.21. The Hall–Kier alpha value is -1.84. The quantitative estimate of drug-likeness (QED) is 0.876. The molecular weight excluding hydrogens is 228 g/mol. The number of carbonyl (C=O) groups excluding carboxylic acids is 2. The fourth-order valence-corrected chi connectivity index (χ4v) is 1.99. The van der Waals surface area contributed by atoms with Crippen LogP contribution in [0.5, 0.6) is 0 Å². The average Bonchev–Trinajstić information content (AvgIpc) is 3.19. The van der Waals surface area contributed by atoms with Crippen molar-refractivity contribution in [1.29, 1.82) is 0 Å². The number of hydrogen-bond acceptors (Lipinski definition) is 2. The molecule has 2 rings (SSSR count). The molecule has 18 heavy (non-hydrogen) atoms. The molecule has 0 heterocycles. The molecule has 4 heteroatoms. The lowest BCUT2D eigenvalue weighted by atomic mass is 10.1. The summed E-state index contributed by atoms with van der Waals surface area (Å²) in [6.45, 7) is 2.24. The van der Waals surface area contributed by atoms with Gasteiger partial charge in [0.25, 0.3) is 5.91 Å². The van der Waals surface area contributed by atoms with Gasteiger partial charge in [-0.05, 0) is 30.5 Å². The van der Waals surface area contributed by atoms with Crippen LogP contribution in [0.1, 0.15) is 35.7 Å². The normalized spacial score (nSPS) is 14.1. The van der Waals surface area contributed by atoms with Crippen LogP contribution in [0.2, 0.25) is 0 Å². The maximum atomic E-state index is 11.5. The lowest BCUT2D eigenvalue weighted by molar-refractivity contribution is -0.130. The van der Waals surface area contributed by atoms with Gasteiger partial charge in [-0.15, -0.1) is 0 Å². The maximum absolute atomic E-state index is 11.5. The fourth-order valence-electron chi connectivity index (χ4n) is 1.99. The molecule has 1 aliphatic carbocycles. The second-order valence-corrected chi connectivity index (χ2v) is 4.65. The number of benzene rings is 1. The zero-order valence-electron chi connectivity index (χ0n) is 10.8. The molecule has 0 bridgehead atoms. The van der Waals surface area contributed by atoms with Crippen LogP contribution in [-0.2, 0) is 11.3 Å². The minimum absolute atomic E-state index is 0.0906. The smallest absolute Gasteiger partial charge is 0.251 e. The minimum Gasteiger partial charge on any atom is -0.355 e. The van der Waals surface area contributed by atoms with Gasteiger partial charge >= 0.3 is 0 Å². The van der Waals surface area contributed by atoms with Gasteiger partial charge in [0.2, 0.25) is 5.91 Å². The highest BCUT2D eigenvalue weighted by Gasteiger charge is 2.30. The molecule has 1 saturated carbocycles. The Kier molecular flexibility index (Phi) is 3.65. The zero-order chi connectivity index (χ0) is 13.1. The molecule has 0 unspecified atom stereocenters. The van der Waals surface area contributed by atoms with Crippen LogP contribution in [-0.4, -0.2) is 29.8 Å². The molecule has 1 fully saturated rings. The summed E-state index contributed by atoms with van der Waals surface area (Å²) < 4.78 is 0. The molecule has 1 aromatic carbocycles. The number of carbonyl (C=O) groups is 2. The van der Waals surface area contributed by atoms with Crippen LogP contribution in [0.15, 0.2) is 24.3 Å². The van der Waals surface area contributed by atoms with Crippen LogP contribution in [0.4, 0.5) is 0 Å². The van der Waals surface area contributed by atoms with E-state index in [1.165, 1.54) is 0 Å². The van der Waals surface area contributed by atoms with Gasteiger partial charge in [-0.3, -0.25) is 9.59 Å². The van der Waals surface area contributed by atoms with E-state index in [-0.39, 0.29) is 11.8 Å². The van der Waals surface area contributed by atoms with Gasteiger partial charge < -0.3 is 10.2 Å². The molecule has 0 aliphatic heterocycles. The molecule has 1 aromatic rings. The van der Waals surface area contributed by atoms with Crippen LogP contribution in [0.25, 0.3) is 0 Å². The molecule has 0 saturated heterocycles. The Morgan fingerprint density at radius 2 is 1.89 bits per heavy atom. The topological polar surface area (TPSA) is 49.4 Å². The Labute approximate surface area is 107 Å². The molecule has 0 radical (unpaired) electrons. The predicted octanol–water partition coefficient (Wildman–Crippen LogP) is 1.56. The third-order valence-corrected chi connectivity index (χ3v) is 3.19. The molecule has 96 valence electrons. The summed E-state index contributed by atoms with van der Waals surface area (Å²) in [5, 5.41) is 2.58. The van der Waals surface area contributed by atoms with Crippen LogP contribution >= 0.6 is 0 Å². The summed E-state index contributed by atoms with van der Waals surface area (Å²) in [5.41, 5.74) is 1.70. The van der Waals surface area contributed by atoms with Crippen molar-refractivity contribution in [2.24, 2.45) is 0 Å². The molecule has 0 aromatic heterocycles. The number of hydrogen-bond donors (Lipinski definition) is 1. The number of nitrogens with zero attached hydrogens (tertiary/aromatic N) is 1. The van der Waals surface area contributed by atoms with E-state index in [4.69, 9.17) is 0 Å². The largest absolute Gasteiger partial charge is 0.355 e. The lowest BCUT2D eigenvalue weighted by Crippen LogP contribution is -2.30. The van der Waals surface area contributed by atoms with E-state index in [1.807, 2.05) is 17.0 Å². The van der Waals surface area contributed by atoms with E-state index in [9.17, 15) is 9.59 Å². The first-order valence-electron chi connectivity index (χ1n) is 6.20. The number of rotatable bonds is 4. The van der Waals surface area contributed by atoms with E-state index in [0.717, 1.165) is 18.4 Å². The monoisotopic (exact) mass is 246 g/mol. The van der Waals surface area contributed by atoms with E-state index < -0.39 is 0 Å². The molecule has 1 N–H and O–H groups in total. The first kappa shape index (κ1) is 12.6. The van der Waals surface area contributed by atoms with Gasteiger partial charge in [-0.2, -0.15) is 0 Å². The summed E-state index contributed by atoms with van der Waals surface area (Å²) in [5.74, 6) is 0.0278. The van der Waals surface area contributed by atoms with Gasteiger partial charge in [0.15, 0.2) is 0 Å². The average molecular weight is 246 g/mol. The lowest BCUT2D eigenvalue weighted by Gasteiger charge is -2.20. The van der Waals surface area contributed by atoms with Gasteiger partial charge in [0.05, 0.1) is 0 Å². The highest BCUT2D eigenvalue weighted by Crippen LogP contribution is 2.28. The zero-order valence-corrected chi connectivity index (χ0v) is 10.8. The van der Waals surface area contributed by atoms with Crippen molar-refractivity contribution in [2.45, 2.75) is 32.4 Å². The van der Waals surface area contributed by atoms with Gasteiger partial charge in [-0.25, -0.2) is 0 Å². The van der Waals surface area contributed by atoms with Gasteiger partial charge in [0.1, 0.15) is 0 Å². The summed E-state index contributed by atoms with van der Waals surface area (Å²) in [6, 6.07) is 7.81. The summed E-state index contributed by atoms with van der Waals surface area (Å²) in [7, 11) is 1.61. The highest BCUT2D eigenvalue weighted by atomic mass is 16.2. The molecule has 2 amide bonds. The van der Waals surface area contributed by atoms with Gasteiger partial charge in [0, 0.05) is 32.1 Å². The van der Waals surface area contributed by atoms with E-state index in [2.05, 4.69) is 5.32 Å². The third kappa shape index (κ3) is 2.88.